The first-order valence-corrected chi connectivity index (χ1v) is 9.38. The second-order valence-corrected chi connectivity index (χ2v) is 7.24. The number of hydrogen-bond acceptors (Lipinski definition) is 5. The van der Waals surface area contributed by atoms with E-state index >= 15 is 0 Å². The highest BCUT2D eigenvalue weighted by Crippen LogP contribution is 2.24. The zero-order valence-electron chi connectivity index (χ0n) is 15.7. The Morgan fingerprint density at radius 2 is 1.93 bits per heavy atom. The number of nitrogens with zero attached hydrogens (tertiary/aromatic N) is 5. The van der Waals surface area contributed by atoms with Crippen LogP contribution in [-0.4, -0.2) is 29.7 Å². The van der Waals surface area contributed by atoms with E-state index in [0.29, 0.717) is 29.7 Å². The lowest BCUT2D eigenvalue weighted by Crippen LogP contribution is -2.37. The number of fused-ring (bicyclic) bond motifs is 1. The highest BCUT2D eigenvalue weighted by molar-refractivity contribution is 5.74. The van der Waals surface area contributed by atoms with Crippen molar-refractivity contribution in [3.05, 3.63) is 50.9 Å². The molecule has 0 unspecified atom stereocenters. The van der Waals surface area contributed by atoms with Gasteiger partial charge in [-0.1, -0.05) is 25.3 Å². The van der Waals surface area contributed by atoms with Crippen LogP contribution in [0.5, 0.6) is 0 Å². The van der Waals surface area contributed by atoms with E-state index in [4.69, 9.17) is 0 Å². The molecule has 3 aromatic rings. The van der Waals surface area contributed by atoms with E-state index in [9.17, 15) is 9.59 Å². The molecule has 0 radical (unpaired) electrons. The molecule has 4 rings (SSSR count). The first kappa shape index (κ1) is 17.5. The molecule has 1 fully saturated rings. The molecule has 8 heteroatoms. The smallest absolute Gasteiger partial charge is 0.332 e. The molecular weight excluding hydrogens is 344 g/mol. The number of nitrogens with one attached hydrogen (secondary N) is 1. The number of hydrogen-bond donors (Lipinski definition) is 1. The Morgan fingerprint density at radius 1 is 1.15 bits per heavy atom. The van der Waals surface area contributed by atoms with E-state index in [1.54, 1.807) is 19.4 Å². The van der Waals surface area contributed by atoms with E-state index in [-0.39, 0.29) is 11.2 Å². The molecule has 1 saturated carbocycles. The van der Waals surface area contributed by atoms with E-state index < -0.39 is 0 Å². The molecule has 0 spiro atoms. The number of pyridine rings is 1. The maximum Gasteiger partial charge on any atom is 0.332 e. The van der Waals surface area contributed by atoms with Gasteiger partial charge in [0.05, 0.1) is 6.54 Å². The van der Waals surface area contributed by atoms with Gasteiger partial charge in [-0.3, -0.25) is 23.5 Å². The summed E-state index contributed by atoms with van der Waals surface area (Å²) in [6, 6.07) is 4.18. The van der Waals surface area contributed by atoms with Crippen LogP contribution in [-0.2, 0) is 20.6 Å². The lowest BCUT2D eigenvalue weighted by atomic mass is 9.96. The van der Waals surface area contributed by atoms with Gasteiger partial charge in [-0.05, 0) is 24.5 Å². The molecule has 1 aliphatic rings. The van der Waals surface area contributed by atoms with Crippen LogP contribution in [0.4, 0.5) is 5.95 Å². The molecule has 1 N–H and O–H groups in total. The van der Waals surface area contributed by atoms with Gasteiger partial charge in [-0.25, -0.2) is 4.79 Å². The number of imidazole rings is 1. The van der Waals surface area contributed by atoms with Crippen LogP contribution in [0.2, 0.25) is 0 Å². The first-order chi connectivity index (χ1) is 13.1. The summed E-state index contributed by atoms with van der Waals surface area (Å²) in [4.78, 5) is 34.0. The Kier molecular flexibility index (Phi) is 4.55. The van der Waals surface area contributed by atoms with Gasteiger partial charge in [0.15, 0.2) is 11.2 Å². The van der Waals surface area contributed by atoms with Crippen molar-refractivity contribution in [3.63, 3.8) is 0 Å². The molecule has 0 amide bonds. The van der Waals surface area contributed by atoms with Gasteiger partial charge in [0.1, 0.15) is 0 Å². The molecule has 3 aromatic heterocycles. The highest BCUT2D eigenvalue weighted by atomic mass is 16.2. The van der Waals surface area contributed by atoms with Crippen LogP contribution in [0, 0.1) is 0 Å². The van der Waals surface area contributed by atoms with Crippen molar-refractivity contribution in [3.8, 4) is 0 Å². The summed E-state index contributed by atoms with van der Waals surface area (Å²) < 4.78 is 4.44. The summed E-state index contributed by atoms with van der Waals surface area (Å²) in [5.41, 5.74) is 1.11. The van der Waals surface area contributed by atoms with Crippen LogP contribution in [0.3, 0.4) is 0 Å². The van der Waals surface area contributed by atoms with E-state index in [2.05, 4.69) is 15.3 Å². The van der Waals surface area contributed by atoms with Gasteiger partial charge in [0, 0.05) is 32.5 Å². The van der Waals surface area contributed by atoms with Crippen molar-refractivity contribution in [1.82, 2.24) is 23.7 Å². The molecule has 0 aliphatic heterocycles. The number of rotatable bonds is 4. The molecule has 27 heavy (non-hydrogen) atoms. The van der Waals surface area contributed by atoms with Gasteiger partial charge >= 0.3 is 5.69 Å². The van der Waals surface area contributed by atoms with Crippen LogP contribution < -0.4 is 16.6 Å². The molecule has 3 heterocycles. The largest absolute Gasteiger partial charge is 0.353 e. The minimum absolute atomic E-state index is 0.332. The Labute approximate surface area is 156 Å². The third-order valence-electron chi connectivity index (χ3n) is 5.35. The average Bonchev–Trinajstić information content (AvgIpc) is 3.04. The lowest BCUT2D eigenvalue weighted by molar-refractivity contribution is 0.459. The molecule has 8 nitrogen and oxygen atoms in total. The second kappa shape index (κ2) is 7.02. The van der Waals surface area contributed by atoms with Gasteiger partial charge in [0.25, 0.3) is 5.56 Å². The van der Waals surface area contributed by atoms with Gasteiger partial charge < -0.3 is 5.32 Å². The quantitative estimate of drug-likeness (QED) is 0.756. The predicted octanol–water partition coefficient (Wildman–Crippen LogP) is 1.62. The van der Waals surface area contributed by atoms with E-state index in [1.807, 2.05) is 16.7 Å². The summed E-state index contributed by atoms with van der Waals surface area (Å²) >= 11 is 0. The summed E-state index contributed by atoms with van der Waals surface area (Å²) in [7, 11) is 3.15. The molecular formula is C19H24N6O2. The van der Waals surface area contributed by atoms with Crippen molar-refractivity contribution in [2.45, 2.75) is 44.7 Å². The first-order valence-electron chi connectivity index (χ1n) is 9.38. The number of aryl methyl sites for hydroxylation is 1. The summed E-state index contributed by atoms with van der Waals surface area (Å²) in [6.45, 7) is 0.465. The predicted molar refractivity (Wildman–Crippen MR) is 104 cm³/mol. The van der Waals surface area contributed by atoms with Crippen molar-refractivity contribution in [1.29, 1.82) is 0 Å². The Hall–Kier alpha value is -2.90. The maximum atomic E-state index is 12.9. The molecule has 142 valence electrons. The Balaban J connectivity index is 1.88. The summed E-state index contributed by atoms with van der Waals surface area (Å²) in [5, 5.41) is 3.52. The van der Waals surface area contributed by atoms with Crippen molar-refractivity contribution in [2.75, 3.05) is 5.32 Å². The minimum atomic E-state index is -0.372. The molecule has 0 atom stereocenters. The average molecular weight is 368 g/mol. The van der Waals surface area contributed by atoms with Crippen LogP contribution in [0.1, 0.15) is 37.7 Å². The third-order valence-corrected chi connectivity index (χ3v) is 5.35. The maximum absolute atomic E-state index is 12.9. The fraction of sp³-hybridized carbons (Fsp3) is 0.474. The van der Waals surface area contributed by atoms with Crippen molar-refractivity contribution < 1.29 is 0 Å². The van der Waals surface area contributed by atoms with Gasteiger partial charge in [-0.2, -0.15) is 4.98 Å². The Morgan fingerprint density at radius 3 is 2.63 bits per heavy atom. The SMILES string of the molecule is Cn1c(=O)c2c(nc(NC3CCCCC3)n2Cc2cccnc2)n(C)c1=O. The van der Waals surface area contributed by atoms with Crippen LogP contribution in [0.25, 0.3) is 11.2 Å². The van der Waals surface area contributed by atoms with Crippen molar-refractivity contribution in [2.24, 2.45) is 14.1 Å². The molecule has 0 bridgehead atoms. The van der Waals surface area contributed by atoms with E-state index in [0.717, 1.165) is 23.0 Å². The summed E-state index contributed by atoms with van der Waals surface area (Å²) in [6.07, 6.45) is 9.34. The fourth-order valence-electron chi connectivity index (χ4n) is 3.81. The lowest BCUT2D eigenvalue weighted by Gasteiger charge is -2.23. The molecule has 0 aromatic carbocycles. The topological polar surface area (TPSA) is 86.7 Å². The highest BCUT2D eigenvalue weighted by Gasteiger charge is 2.22. The minimum Gasteiger partial charge on any atom is -0.353 e. The zero-order chi connectivity index (χ0) is 19.0. The standard InChI is InChI=1S/C19H24N6O2/c1-23-16-15(17(26)24(2)19(23)27)25(12-13-7-6-10-20-11-13)18(22-16)21-14-8-4-3-5-9-14/h6-7,10-11,14H,3-5,8-9,12H2,1-2H3,(H,21,22). The number of anilines is 1. The monoisotopic (exact) mass is 368 g/mol. The third kappa shape index (κ3) is 3.15. The van der Waals surface area contributed by atoms with Gasteiger partial charge in [0.2, 0.25) is 5.95 Å². The Bertz CT molecular complexity index is 1070. The van der Waals surface area contributed by atoms with Crippen molar-refractivity contribution >= 4 is 17.1 Å². The number of aromatic nitrogens is 5. The normalized spacial score (nSPS) is 15.3. The van der Waals surface area contributed by atoms with Gasteiger partial charge in [-0.15, -0.1) is 0 Å². The van der Waals surface area contributed by atoms with E-state index in [1.165, 1.54) is 30.9 Å². The second-order valence-electron chi connectivity index (χ2n) is 7.24. The van der Waals surface area contributed by atoms with Crippen LogP contribution in [0.15, 0.2) is 34.1 Å². The molecule has 0 saturated heterocycles. The van der Waals surface area contributed by atoms with Crippen LogP contribution >= 0.6 is 0 Å². The molecule has 1 aliphatic carbocycles. The summed E-state index contributed by atoms with van der Waals surface area (Å²) in [5.74, 6) is 0.638. The fourth-order valence-corrected chi connectivity index (χ4v) is 3.81. The zero-order valence-corrected chi connectivity index (χ0v) is 15.7.